The van der Waals surface area contributed by atoms with Gasteiger partial charge in [0.05, 0.1) is 0 Å². The van der Waals surface area contributed by atoms with Gasteiger partial charge in [-0.1, -0.05) is 17.7 Å². The van der Waals surface area contributed by atoms with E-state index in [1.807, 2.05) is 19.1 Å². The van der Waals surface area contributed by atoms with Crippen LogP contribution in [-0.4, -0.2) is 5.88 Å². The number of halogens is 3. The molecule has 0 aliphatic carbocycles. The first-order chi connectivity index (χ1) is 6.13. The van der Waals surface area contributed by atoms with Crippen molar-refractivity contribution in [3.8, 4) is 0 Å². The van der Waals surface area contributed by atoms with Gasteiger partial charge in [-0.15, -0.1) is 11.6 Å². The summed E-state index contributed by atoms with van der Waals surface area (Å²) in [7, 11) is 0. The van der Waals surface area contributed by atoms with E-state index in [2.05, 4.69) is 44.0 Å². The molecule has 0 saturated carbocycles. The van der Waals surface area contributed by atoms with Crippen molar-refractivity contribution < 1.29 is 0 Å². The number of rotatable bonds is 2. The molecule has 0 heterocycles. The summed E-state index contributed by atoms with van der Waals surface area (Å²) in [5, 5.41) is 0. The predicted octanol–water partition coefficient (Wildman–Crippen LogP) is 4.85. The lowest BCUT2D eigenvalue weighted by molar-refractivity contribution is 1.42. The van der Waals surface area contributed by atoms with Crippen LogP contribution in [0.3, 0.4) is 0 Å². The van der Waals surface area contributed by atoms with E-state index in [-0.39, 0.29) is 0 Å². The monoisotopic (exact) mass is 322 g/mol. The molecule has 0 atom stereocenters. The fourth-order valence-corrected chi connectivity index (χ4v) is 1.65. The van der Waals surface area contributed by atoms with Gasteiger partial charge in [0, 0.05) is 14.8 Å². The van der Waals surface area contributed by atoms with Gasteiger partial charge >= 0.3 is 0 Å². The lowest BCUT2D eigenvalue weighted by atomic mass is 10.1. The van der Waals surface area contributed by atoms with Gasteiger partial charge in [0.15, 0.2) is 0 Å². The molecule has 3 heteroatoms. The molecule has 70 valence electrons. The number of allylic oxidation sites excluding steroid dienone is 1. The minimum Gasteiger partial charge on any atom is -0.122 e. The first kappa shape index (κ1) is 11.3. The quantitative estimate of drug-likeness (QED) is 0.682. The van der Waals surface area contributed by atoms with Crippen LogP contribution in [-0.2, 0) is 0 Å². The van der Waals surface area contributed by atoms with Crippen LogP contribution in [0.15, 0.2) is 32.7 Å². The smallest absolute Gasteiger partial charge is 0.0434 e. The van der Waals surface area contributed by atoms with Crippen molar-refractivity contribution in [1.82, 2.24) is 0 Å². The Kier molecular flexibility index (Phi) is 4.50. The standard InChI is InChI=1S/C10H9Br2Cl/c1-7(6-13)4-8-2-3-9(11)10(12)5-8/h2-5H,6H2,1H3/b7-4-. The molecule has 0 N–H and O–H groups in total. The van der Waals surface area contributed by atoms with E-state index >= 15 is 0 Å². The summed E-state index contributed by atoms with van der Waals surface area (Å²) in [6, 6.07) is 6.11. The first-order valence-electron chi connectivity index (χ1n) is 3.81. The van der Waals surface area contributed by atoms with Crippen molar-refractivity contribution in [2.45, 2.75) is 6.92 Å². The van der Waals surface area contributed by atoms with Crippen molar-refractivity contribution in [1.29, 1.82) is 0 Å². The van der Waals surface area contributed by atoms with E-state index in [0.29, 0.717) is 5.88 Å². The van der Waals surface area contributed by atoms with Gasteiger partial charge in [0.1, 0.15) is 0 Å². The van der Waals surface area contributed by atoms with E-state index in [0.717, 1.165) is 20.1 Å². The van der Waals surface area contributed by atoms with Crippen LogP contribution in [0.5, 0.6) is 0 Å². The highest BCUT2D eigenvalue weighted by atomic mass is 79.9. The van der Waals surface area contributed by atoms with Crippen molar-refractivity contribution in [3.63, 3.8) is 0 Å². The summed E-state index contributed by atoms with van der Waals surface area (Å²) >= 11 is 12.6. The van der Waals surface area contributed by atoms with Crippen LogP contribution in [0.1, 0.15) is 12.5 Å². The summed E-state index contributed by atoms with van der Waals surface area (Å²) in [4.78, 5) is 0. The Hall–Kier alpha value is 0.210. The summed E-state index contributed by atoms with van der Waals surface area (Å²) in [6.45, 7) is 2.02. The lowest BCUT2D eigenvalue weighted by Crippen LogP contribution is -1.79. The van der Waals surface area contributed by atoms with E-state index < -0.39 is 0 Å². The SMILES string of the molecule is C/C(=C/c1ccc(Br)c(Br)c1)CCl. The molecule has 1 rings (SSSR count). The summed E-state index contributed by atoms with van der Waals surface area (Å²) in [5.74, 6) is 0.577. The Bertz CT molecular complexity index is 332. The van der Waals surface area contributed by atoms with E-state index in [4.69, 9.17) is 11.6 Å². The Morgan fingerprint density at radius 3 is 2.62 bits per heavy atom. The molecule has 0 fully saturated rings. The second kappa shape index (κ2) is 5.18. The largest absolute Gasteiger partial charge is 0.122 e. The predicted molar refractivity (Wildman–Crippen MR) is 66.2 cm³/mol. The second-order valence-electron chi connectivity index (χ2n) is 2.80. The van der Waals surface area contributed by atoms with Gasteiger partial charge in [-0.05, 0) is 56.5 Å². The highest BCUT2D eigenvalue weighted by Gasteiger charge is 1.96. The summed E-state index contributed by atoms with van der Waals surface area (Å²) in [6.07, 6.45) is 2.07. The molecule has 1 aromatic carbocycles. The van der Waals surface area contributed by atoms with Gasteiger partial charge in [-0.2, -0.15) is 0 Å². The summed E-state index contributed by atoms with van der Waals surface area (Å²) < 4.78 is 2.12. The van der Waals surface area contributed by atoms with Gasteiger partial charge in [-0.25, -0.2) is 0 Å². The van der Waals surface area contributed by atoms with Gasteiger partial charge in [0.2, 0.25) is 0 Å². The Morgan fingerprint density at radius 1 is 1.38 bits per heavy atom. The third-order valence-corrected chi connectivity index (χ3v) is 3.87. The molecular weight excluding hydrogens is 315 g/mol. The van der Waals surface area contributed by atoms with Crippen LogP contribution >= 0.6 is 43.5 Å². The highest BCUT2D eigenvalue weighted by molar-refractivity contribution is 9.13. The van der Waals surface area contributed by atoms with Crippen LogP contribution in [0.25, 0.3) is 6.08 Å². The zero-order chi connectivity index (χ0) is 9.84. The molecule has 0 aliphatic heterocycles. The van der Waals surface area contributed by atoms with E-state index in [9.17, 15) is 0 Å². The molecule has 0 amide bonds. The number of alkyl halides is 1. The maximum Gasteiger partial charge on any atom is 0.0434 e. The van der Waals surface area contributed by atoms with E-state index in [1.54, 1.807) is 0 Å². The molecule has 0 unspecified atom stereocenters. The molecule has 0 spiro atoms. The Balaban J connectivity index is 2.98. The molecule has 0 saturated heterocycles. The number of hydrogen-bond acceptors (Lipinski definition) is 0. The van der Waals surface area contributed by atoms with E-state index in [1.165, 1.54) is 0 Å². The average molecular weight is 324 g/mol. The molecule has 0 bridgehead atoms. The summed E-state index contributed by atoms with van der Waals surface area (Å²) in [5.41, 5.74) is 2.32. The zero-order valence-electron chi connectivity index (χ0n) is 7.15. The van der Waals surface area contributed by atoms with Gasteiger partial charge < -0.3 is 0 Å². The third-order valence-electron chi connectivity index (χ3n) is 1.57. The maximum absolute atomic E-state index is 5.68. The minimum atomic E-state index is 0.577. The molecule has 13 heavy (non-hydrogen) atoms. The first-order valence-corrected chi connectivity index (χ1v) is 5.93. The normalized spacial score (nSPS) is 11.8. The fourth-order valence-electron chi connectivity index (χ4n) is 0.925. The zero-order valence-corrected chi connectivity index (χ0v) is 11.1. The van der Waals surface area contributed by atoms with Crippen molar-refractivity contribution in [2.24, 2.45) is 0 Å². The lowest BCUT2D eigenvalue weighted by Gasteiger charge is -1.99. The topological polar surface area (TPSA) is 0 Å². The van der Waals surface area contributed by atoms with Crippen LogP contribution < -0.4 is 0 Å². The molecule has 1 aromatic rings. The Labute approximate surface area is 100 Å². The maximum atomic E-state index is 5.68. The van der Waals surface area contributed by atoms with Crippen LogP contribution in [0.2, 0.25) is 0 Å². The Morgan fingerprint density at radius 2 is 2.08 bits per heavy atom. The fraction of sp³-hybridized carbons (Fsp3) is 0.200. The number of hydrogen-bond donors (Lipinski definition) is 0. The molecular formula is C10H9Br2Cl. The van der Waals surface area contributed by atoms with Crippen LogP contribution in [0, 0.1) is 0 Å². The van der Waals surface area contributed by atoms with Gasteiger partial charge in [-0.3, -0.25) is 0 Å². The van der Waals surface area contributed by atoms with Crippen LogP contribution in [0.4, 0.5) is 0 Å². The minimum absolute atomic E-state index is 0.577. The van der Waals surface area contributed by atoms with Crippen molar-refractivity contribution in [2.75, 3.05) is 5.88 Å². The van der Waals surface area contributed by atoms with Crippen molar-refractivity contribution in [3.05, 3.63) is 38.3 Å². The highest BCUT2D eigenvalue weighted by Crippen LogP contribution is 2.24. The molecule has 0 nitrogen and oxygen atoms in total. The molecule has 0 radical (unpaired) electrons. The van der Waals surface area contributed by atoms with Gasteiger partial charge in [0.25, 0.3) is 0 Å². The molecule has 0 aliphatic rings. The molecule has 0 aromatic heterocycles. The average Bonchev–Trinajstić information content (AvgIpc) is 2.11. The number of benzene rings is 1. The van der Waals surface area contributed by atoms with Crippen molar-refractivity contribution >= 4 is 49.5 Å². The third kappa shape index (κ3) is 3.45. The second-order valence-corrected chi connectivity index (χ2v) is 4.77.